The number of hydrogen-bond acceptors (Lipinski definition) is 5. The maximum Gasteiger partial charge on any atom is 0.416 e. The minimum atomic E-state index is -4.32. The highest BCUT2D eigenvalue weighted by atomic mass is 19.4. The maximum absolute atomic E-state index is 12.7. The van der Waals surface area contributed by atoms with Crippen molar-refractivity contribution in [2.24, 2.45) is 0 Å². The SMILES string of the molecule is COCCNC(=O)c1cn(C[C@@H]2CCCN2Cc2ccc(C(F)(F)F)cc2)nn1. The molecule has 0 saturated carbocycles. The summed E-state index contributed by atoms with van der Waals surface area (Å²) in [6.07, 6.45) is -0.758. The zero-order valence-electron chi connectivity index (χ0n) is 16.2. The van der Waals surface area contributed by atoms with Crippen LogP contribution in [-0.2, 0) is 24.0 Å². The maximum atomic E-state index is 12.7. The first kappa shape index (κ1) is 21.3. The van der Waals surface area contributed by atoms with Crippen LogP contribution >= 0.6 is 0 Å². The second-order valence-corrected chi connectivity index (χ2v) is 7.04. The molecule has 1 fully saturated rings. The first-order valence-electron chi connectivity index (χ1n) is 9.44. The third-order valence-corrected chi connectivity index (χ3v) is 4.93. The monoisotopic (exact) mass is 411 g/mol. The number of alkyl halides is 3. The van der Waals surface area contributed by atoms with Gasteiger partial charge in [-0.05, 0) is 37.1 Å². The van der Waals surface area contributed by atoms with Gasteiger partial charge in [0.05, 0.1) is 24.9 Å². The number of aromatic nitrogens is 3. The molecule has 0 radical (unpaired) electrons. The summed E-state index contributed by atoms with van der Waals surface area (Å²) in [7, 11) is 1.56. The number of hydrogen-bond donors (Lipinski definition) is 1. The number of carbonyl (C=O) groups excluding carboxylic acids is 1. The smallest absolute Gasteiger partial charge is 0.383 e. The van der Waals surface area contributed by atoms with E-state index in [1.54, 1.807) is 18.0 Å². The average Bonchev–Trinajstić information content (AvgIpc) is 3.32. The number of nitrogens with one attached hydrogen (secondary N) is 1. The van der Waals surface area contributed by atoms with E-state index in [-0.39, 0.29) is 17.6 Å². The summed E-state index contributed by atoms with van der Waals surface area (Å²) in [6, 6.07) is 5.47. The van der Waals surface area contributed by atoms with Gasteiger partial charge in [-0.25, -0.2) is 0 Å². The molecule has 2 aromatic rings. The van der Waals surface area contributed by atoms with Gasteiger partial charge in [-0.15, -0.1) is 5.10 Å². The van der Waals surface area contributed by atoms with Gasteiger partial charge in [0, 0.05) is 26.2 Å². The Bertz CT molecular complexity index is 807. The standard InChI is InChI=1S/C19H24F3N5O2/c1-29-10-8-23-18(28)17-13-27(25-24-17)12-16-3-2-9-26(16)11-14-4-6-15(7-5-14)19(20,21)22/h4-7,13,16H,2-3,8-12H2,1H3,(H,23,28)/t16-/m0/s1. The summed E-state index contributed by atoms with van der Waals surface area (Å²) < 4.78 is 44.7. The Morgan fingerprint density at radius 2 is 2.07 bits per heavy atom. The minimum absolute atomic E-state index is 0.184. The zero-order chi connectivity index (χ0) is 20.9. The van der Waals surface area contributed by atoms with Crippen molar-refractivity contribution in [1.82, 2.24) is 25.2 Å². The van der Waals surface area contributed by atoms with E-state index in [1.807, 2.05) is 0 Å². The fourth-order valence-electron chi connectivity index (χ4n) is 3.41. The number of rotatable bonds is 8. The number of amides is 1. The van der Waals surface area contributed by atoms with Crippen LogP contribution in [0.5, 0.6) is 0 Å². The van der Waals surface area contributed by atoms with Crippen molar-refractivity contribution in [2.45, 2.75) is 38.1 Å². The quantitative estimate of drug-likeness (QED) is 0.675. The summed E-state index contributed by atoms with van der Waals surface area (Å²) >= 11 is 0. The molecule has 7 nitrogen and oxygen atoms in total. The lowest BCUT2D eigenvalue weighted by Crippen LogP contribution is -2.32. The van der Waals surface area contributed by atoms with E-state index < -0.39 is 11.7 Å². The summed E-state index contributed by atoms with van der Waals surface area (Å²) in [5, 5.41) is 10.6. The van der Waals surface area contributed by atoms with Crippen LogP contribution in [0, 0.1) is 0 Å². The van der Waals surface area contributed by atoms with Gasteiger partial charge in [-0.2, -0.15) is 13.2 Å². The molecule has 29 heavy (non-hydrogen) atoms. The highest BCUT2D eigenvalue weighted by molar-refractivity contribution is 5.91. The number of benzene rings is 1. The summed E-state index contributed by atoms with van der Waals surface area (Å²) in [5.41, 5.74) is 0.438. The normalized spacial score (nSPS) is 17.6. The molecule has 0 unspecified atom stereocenters. The number of nitrogens with zero attached hydrogens (tertiary/aromatic N) is 4. The van der Waals surface area contributed by atoms with Crippen LogP contribution < -0.4 is 5.32 Å². The molecule has 2 heterocycles. The van der Waals surface area contributed by atoms with Crippen LogP contribution in [0.15, 0.2) is 30.5 Å². The molecular weight excluding hydrogens is 387 g/mol. The van der Waals surface area contributed by atoms with Gasteiger partial charge < -0.3 is 10.1 Å². The van der Waals surface area contributed by atoms with Crippen molar-refractivity contribution in [1.29, 1.82) is 0 Å². The predicted octanol–water partition coefficient (Wildman–Crippen LogP) is 2.34. The van der Waals surface area contributed by atoms with Gasteiger partial charge in [-0.1, -0.05) is 17.3 Å². The van der Waals surface area contributed by atoms with Gasteiger partial charge in [0.15, 0.2) is 5.69 Å². The van der Waals surface area contributed by atoms with E-state index in [0.717, 1.165) is 37.1 Å². The van der Waals surface area contributed by atoms with Crippen LogP contribution in [0.1, 0.15) is 34.5 Å². The Hall–Kier alpha value is -2.46. The fourth-order valence-corrected chi connectivity index (χ4v) is 3.41. The fraction of sp³-hybridized carbons (Fsp3) is 0.526. The Morgan fingerprint density at radius 1 is 1.31 bits per heavy atom. The molecule has 1 aromatic heterocycles. The molecule has 0 bridgehead atoms. The predicted molar refractivity (Wildman–Crippen MR) is 99.1 cm³/mol. The number of ether oxygens (including phenoxy) is 1. The topological polar surface area (TPSA) is 72.3 Å². The van der Waals surface area contributed by atoms with Gasteiger partial charge in [0.2, 0.25) is 0 Å². The lowest BCUT2D eigenvalue weighted by atomic mass is 10.1. The number of halogens is 3. The average molecular weight is 411 g/mol. The molecule has 1 aliphatic rings. The number of methoxy groups -OCH3 is 1. The highest BCUT2D eigenvalue weighted by Crippen LogP contribution is 2.29. The Morgan fingerprint density at radius 3 is 2.76 bits per heavy atom. The Balaban J connectivity index is 1.57. The van der Waals surface area contributed by atoms with Crippen molar-refractivity contribution in [3.63, 3.8) is 0 Å². The van der Waals surface area contributed by atoms with E-state index in [2.05, 4.69) is 20.5 Å². The summed E-state index contributed by atoms with van der Waals surface area (Å²) in [6.45, 7) is 2.82. The molecule has 0 spiro atoms. The van der Waals surface area contributed by atoms with Crippen LogP contribution in [0.3, 0.4) is 0 Å². The minimum Gasteiger partial charge on any atom is -0.383 e. The van der Waals surface area contributed by atoms with Crippen molar-refractivity contribution in [3.05, 3.63) is 47.3 Å². The van der Waals surface area contributed by atoms with E-state index >= 15 is 0 Å². The van der Waals surface area contributed by atoms with Crippen molar-refractivity contribution < 1.29 is 22.7 Å². The molecule has 3 rings (SSSR count). The molecule has 10 heteroatoms. The third kappa shape index (κ3) is 5.77. The molecule has 158 valence electrons. The van der Waals surface area contributed by atoms with Crippen LogP contribution in [0.2, 0.25) is 0 Å². The van der Waals surface area contributed by atoms with Crippen molar-refractivity contribution >= 4 is 5.91 Å². The Kier molecular flexibility index (Phi) is 6.86. The van der Waals surface area contributed by atoms with Crippen LogP contribution in [0.4, 0.5) is 13.2 Å². The second kappa shape index (κ2) is 9.36. The third-order valence-electron chi connectivity index (χ3n) is 4.93. The lowest BCUT2D eigenvalue weighted by Gasteiger charge is -2.24. The van der Waals surface area contributed by atoms with E-state index in [4.69, 9.17) is 4.74 Å². The van der Waals surface area contributed by atoms with Crippen LogP contribution in [-0.4, -0.2) is 58.6 Å². The van der Waals surface area contributed by atoms with Gasteiger partial charge in [-0.3, -0.25) is 14.4 Å². The Labute approximate surface area is 166 Å². The first-order valence-corrected chi connectivity index (χ1v) is 9.44. The molecule has 0 aliphatic carbocycles. The summed E-state index contributed by atoms with van der Waals surface area (Å²) in [4.78, 5) is 14.2. The van der Waals surface area contributed by atoms with Crippen molar-refractivity contribution in [2.75, 3.05) is 26.8 Å². The number of likely N-dealkylation sites (tertiary alicyclic amines) is 1. The largest absolute Gasteiger partial charge is 0.416 e. The van der Waals surface area contributed by atoms with E-state index in [9.17, 15) is 18.0 Å². The van der Waals surface area contributed by atoms with E-state index in [0.29, 0.717) is 26.2 Å². The van der Waals surface area contributed by atoms with Crippen molar-refractivity contribution in [3.8, 4) is 0 Å². The molecule has 1 aliphatic heterocycles. The van der Waals surface area contributed by atoms with Gasteiger partial charge >= 0.3 is 6.18 Å². The summed E-state index contributed by atoms with van der Waals surface area (Å²) in [5.74, 6) is -0.304. The zero-order valence-corrected chi connectivity index (χ0v) is 16.2. The molecule has 1 saturated heterocycles. The van der Waals surface area contributed by atoms with E-state index in [1.165, 1.54) is 12.1 Å². The molecular formula is C19H24F3N5O2. The van der Waals surface area contributed by atoms with Gasteiger partial charge in [0.1, 0.15) is 0 Å². The molecule has 1 amide bonds. The second-order valence-electron chi connectivity index (χ2n) is 7.04. The molecule has 1 N–H and O–H groups in total. The molecule has 1 aromatic carbocycles. The first-order chi connectivity index (χ1) is 13.9. The highest BCUT2D eigenvalue weighted by Gasteiger charge is 2.30. The van der Waals surface area contributed by atoms with Crippen LogP contribution in [0.25, 0.3) is 0 Å². The molecule has 1 atom stereocenters. The lowest BCUT2D eigenvalue weighted by molar-refractivity contribution is -0.137. The van der Waals surface area contributed by atoms with Gasteiger partial charge in [0.25, 0.3) is 5.91 Å². The number of carbonyl (C=O) groups is 1.